The second-order valence-corrected chi connectivity index (χ2v) is 6.52. The summed E-state index contributed by atoms with van der Waals surface area (Å²) < 4.78 is 5.60. The molecule has 6 nitrogen and oxygen atoms in total. The Balaban J connectivity index is 2.02. The van der Waals surface area contributed by atoms with Gasteiger partial charge in [-0.15, -0.1) is 0 Å². The minimum absolute atomic E-state index is 0.121. The van der Waals surface area contributed by atoms with Crippen LogP contribution in [0.4, 0.5) is 5.69 Å². The summed E-state index contributed by atoms with van der Waals surface area (Å²) in [5, 5.41) is 9.32. The van der Waals surface area contributed by atoms with Gasteiger partial charge < -0.3 is 14.7 Å². The number of para-hydroxylation sites is 1. The van der Waals surface area contributed by atoms with Crippen LogP contribution in [0.1, 0.15) is 18.9 Å². The third-order valence-electron chi connectivity index (χ3n) is 4.51. The van der Waals surface area contributed by atoms with Crippen molar-refractivity contribution >= 4 is 23.1 Å². The largest absolute Gasteiger partial charge is 0.494 e. The second-order valence-electron chi connectivity index (χ2n) is 6.52. The van der Waals surface area contributed by atoms with E-state index in [0.29, 0.717) is 29.2 Å². The number of ether oxygens (including phenoxy) is 1. The summed E-state index contributed by atoms with van der Waals surface area (Å²) in [6.07, 6.45) is 0.905. The fourth-order valence-electron chi connectivity index (χ4n) is 3.14. The molecule has 1 heterocycles. The number of aliphatic hydroxyl groups excluding tert-OH is 1. The molecule has 1 N–H and O–H groups in total. The van der Waals surface area contributed by atoms with Crippen LogP contribution in [0.3, 0.4) is 0 Å². The van der Waals surface area contributed by atoms with E-state index in [4.69, 9.17) is 4.74 Å². The Kier molecular flexibility index (Phi) is 6.11. The molecule has 0 spiro atoms. The van der Waals surface area contributed by atoms with E-state index in [9.17, 15) is 14.7 Å². The number of likely N-dealkylation sites (N-methyl/N-ethyl adjacent to an activating group) is 1. The number of hydrogen-bond acceptors (Lipinski definition) is 5. The molecule has 0 fully saturated rings. The molecule has 0 unspecified atom stereocenters. The first-order valence-electron chi connectivity index (χ1n) is 9.31. The van der Waals surface area contributed by atoms with Gasteiger partial charge in [-0.1, -0.05) is 37.3 Å². The van der Waals surface area contributed by atoms with E-state index >= 15 is 0 Å². The minimum atomic E-state index is -0.395. The van der Waals surface area contributed by atoms with Gasteiger partial charge in [0.15, 0.2) is 0 Å². The molecule has 0 saturated heterocycles. The van der Waals surface area contributed by atoms with Crippen LogP contribution < -0.4 is 9.64 Å². The van der Waals surface area contributed by atoms with Crippen LogP contribution in [0.15, 0.2) is 60.3 Å². The Hall–Kier alpha value is -3.12. The van der Waals surface area contributed by atoms with Crippen molar-refractivity contribution in [1.82, 2.24) is 4.90 Å². The van der Waals surface area contributed by atoms with E-state index in [0.717, 1.165) is 6.42 Å². The van der Waals surface area contributed by atoms with Crippen molar-refractivity contribution in [2.24, 2.45) is 0 Å². The first-order chi connectivity index (χ1) is 13.6. The van der Waals surface area contributed by atoms with Crippen molar-refractivity contribution in [3.05, 3.63) is 65.9 Å². The highest BCUT2D eigenvalue weighted by Gasteiger charge is 2.41. The van der Waals surface area contributed by atoms with Crippen molar-refractivity contribution in [3.63, 3.8) is 0 Å². The monoisotopic (exact) mass is 380 g/mol. The Labute approximate surface area is 164 Å². The fraction of sp³-hybridized carbons (Fsp3) is 0.273. The van der Waals surface area contributed by atoms with E-state index in [2.05, 4.69) is 0 Å². The highest BCUT2D eigenvalue weighted by molar-refractivity contribution is 6.45. The average Bonchev–Trinajstić information content (AvgIpc) is 2.98. The summed E-state index contributed by atoms with van der Waals surface area (Å²) in [5.74, 6) is -0.0557. The standard InChI is InChI=1S/C22H24N2O4/c1-3-15-28-18-11-9-16(10-12-18)19-20(23(2)13-14-25)22(27)24(21(19)26)17-7-5-4-6-8-17/h4-12,25H,3,13-15H2,1-2H3. The molecule has 2 aromatic rings. The molecule has 1 aliphatic rings. The summed E-state index contributed by atoms with van der Waals surface area (Å²) in [5.41, 5.74) is 1.77. The molecular formula is C22H24N2O4. The normalized spacial score (nSPS) is 14.0. The van der Waals surface area contributed by atoms with Crippen molar-refractivity contribution < 1.29 is 19.4 Å². The lowest BCUT2D eigenvalue weighted by molar-refractivity contribution is -0.120. The Morgan fingerprint density at radius 3 is 2.29 bits per heavy atom. The molecule has 0 radical (unpaired) electrons. The number of rotatable bonds is 8. The minimum Gasteiger partial charge on any atom is -0.494 e. The zero-order chi connectivity index (χ0) is 20.1. The van der Waals surface area contributed by atoms with Crippen LogP contribution in [-0.4, -0.2) is 48.6 Å². The molecule has 3 rings (SSSR count). The van der Waals surface area contributed by atoms with Crippen molar-refractivity contribution in [3.8, 4) is 5.75 Å². The van der Waals surface area contributed by atoms with Gasteiger partial charge in [0.05, 0.1) is 24.5 Å². The predicted octanol–water partition coefficient (Wildman–Crippen LogP) is 2.68. The van der Waals surface area contributed by atoms with Gasteiger partial charge in [0.2, 0.25) is 0 Å². The quantitative estimate of drug-likeness (QED) is 0.713. The highest BCUT2D eigenvalue weighted by atomic mass is 16.5. The van der Waals surface area contributed by atoms with E-state index < -0.39 is 5.91 Å². The third kappa shape index (κ3) is 3.77. The Morgan fingerprint density at radius 2 is 1.68 bits per heavy atom. The van der Waals surface area contributed by atoms with Crippen LogP contribution in [0, 0.1) is 0 Å². The van der Waals surface area contributed by atoms with Gasteiger partial charge in [0, 0.05) is 13.6 Å². The SMILES string of the molecule is CCCOc1ccc(C2=C(N(C)CCO)C(=O)N(c3ccccc3)C2=O)cc1. The summed E-state index contributed by atoms with van der Waals surface area (Å²) in [4.78, 5) is 29.1. The molecule has 0 atom stereocenters. The molecule has 28 heavy (non-hydrogen) atoms. The number of aliphatic hydroxyl groups is 1. The van der Waals surface area contributed by atoms with Gasteiger partial charge >= 0.3 is 0 Å². The van der Waals surface area contributed by atoms with E-state index in [1.54, 1.807) is 60.5 Å². The van der Waals surface area contributed by atoms with Gasteiger partial charge in [0.25, 0.3) is 11.8 Å². The first kappa shape index (κ1) is 19.6. The van der Waals surface area contributed by atoms with Crippen LogP contribution in [-0.2, 0) is 9.59 Å². The second kappa shape index (κ2) is 8.71. The van der Waals surface area contributed by atoms with Gasteiger partial charge in [-0.05, 0) is 36.2 Å². The molecule has 0 bridgehead atoms. The molecule has 0 saturated carbocycles. The number of carbonyl (C=O) groups is 2. The average molecular weight is 380 g/mol. The lowest BCUT2D eigenvalue weighted by Gasteiger charge is -2.20. The van der Waals surface area contributed by atoms with Crippen molar-refractivity contribution in [2.45, 2.75) is 13.3 Å². The zero-order valence-corrected chi connectivity index (χ0v) is 16.1. The first-order valence-corrected chi connectivity index (χ1v) is 9.31. The summed E-state index contributed by atoms with van der Waals surface area (Å²) in [6.45, 7) is 2.78. The van der Waals surface area contributed by atoms with Crippen LogP contribution in [0.2, 0.25) is 0 Å². The smallest absolute Gasteiger partial charge is 0.282 e. The number of carbonyl (C=O) groups excluding carboxylic acids is 2. The van der Waals surface area contributed by atoms with Gasteiger partial charge in [-0.25, -0.2) is 4.90 Å². The molecule has 2 aromatic carbocycles. The lowest BCUT2D eigenvalue weighted by Crippen LogP contribution is -2.34. The highest BCUT2D eigenvalue weighted by Crippen LogP contribution is 2.34. The molecule has 1 aliphatic heterocycles. The van der Waals surface area contributed by atoms with Gasteiger partial charge in [0.1, 0.15) is 11.4 Å². The van der Waals surface area contributed by atoms with Crippen LogP contribution >= 0.6 is 0 Å². The maximum absolute atomic E-state index is 13.2. The summed E-state index contributed by atoms with van der Waals surface area (Å²) in [6, 6.07) is 16.0. The lowest BCUT2D eigenvalue weighted by atomic mass is 10.0. The fourth-order valence-corrected chi connectivity index (χ4v) is 3.14. The number of nitrogens with zero attached hydrogens (tertiary/aromatic N) is 2. The van der Waals surface area contributed by atoms with Crippen molar-refractivity contribution in [1.29, 1.82) is 0 Å². The van der Waals surface area contributed by atoms with Crippen LogP contribution in [0.5, 0.6) is 5.75 Å². The number of amides is 2. The van der Waals surface area contributed by atoms with Crippen molar-refractivity contribution in [2.75, 3.05) is 31.7 Å². The number of benzene rings is 2. The molecular weight excluding hydrogens is 356 g/mol. The van der Waals surface area contributed by atoms with Crippen LogP contribution in [0.25, 0.3) is 5.57 Å². The number of anilines is 1. The Morgan fingerprint density at radius 1 is 1.00 bits per heavy atom. The number of hydrogen-bond donors (Lipinski definition) is 1. The maximum Gasteiger partial charge on any atom is 0.282 e. The van der Waals surface area contributed by atoms with E-state index in [1.807, 2.05) is 13.0 Å². The molecule has 0 aromatic heterocycles. The molecule has 2 amide bonds. The number of imide groups is 1. The van der Waals surface area contributed by atoms with E-state index in [1.165, 1.54) is 4.90 Å². The zero-order valence-electron chi connectivity index (χ0n) is 16.1. The topological polar surface area (TPSA) is 70.1 Å². The molecule has 146 valence electrons. The maximum atomic E-state index is 13.2. The summed E-state index contributed by atoms with van der Waals surface area (Å²) in [7, 11) is 1.70. The third-order valence-corrected chi connectivity index (χ3v) is 4.51. The van der Waals surface area contributed by atoms with Gasteiger partial charge in [-0.3, -0.25) is 9.59 Å². The Bertz CT molecular complexity index is 875. The molecule has 6 heteroatoms. The molecule has 0 aliphatic carbocycles. The van der Waals surface area contributed by atoms with E-state index in [-0.39, 0.29) is 24.8 Å². The predicted molar refractivity (Wildman–Crippen MR) is 108 cm³/mol. The van der Waals surface area contributed by atoms with Gasteiger partial charge in [-0.2, -0.15) is 0 Å². The summed E-state index contributed by atoms with van der Waals surface area (Å²) >= 11 is 0.